The average molecular weight is 384 g/mol. The van der Waals surface area contributed by atoms with Crippen molar-refractivity contribution >= 4 is 22.7 Å². The number of aryl methyl sites for hydroxylation is 1. The lowest BCUT2D eigenvalue weighted by molar-refractivity contribution is -0.0498. The number of para-hydroxylation sites is 2. The van der Waals surface area contributed by atoms with Crippen LogP contribution >= 0.6 is 0 Å². The monoisotopic (exact) mass is 384 g/mol. The van der Waals surface area contributed by atoms with E-state index < -0.39 is 12.4 Å². The molecule has 0 bridgehead atoms. The lowest BCUT2D eigenvalue weighted by atomic mass is 10.1. The van der Waals surface area contributed by atoms with Crippen LogP contribution in [0.25, 0.3) is 16.9 Å². The average Bonchev–Trinajstić information content (AvgIpc) is 2.96. The van der Waals surface area contributed by atoms with Crippen LogP contribution < -0.4 is 21.5 Å². The van der Waals surface area contributed by atoms with Gasteiger partial charge in [0.2, 0.25) is 5.79 Å². The van der Waals surface area contributed by atoms with Crippen LogP contribution in [0.2, 0.25) is 0 Å². The van der Waals surface area contributed by atoms with E-state index in [0.29, 0.717) is 11.4 Å². The predicted octanol–water partition coefficient (Wildman–Crippen LogP) is 2.47. The number of benzene rings is 2. The Kier molecular flexibility index (Phi) is 4.23. The molecule has 0 fully saturated rings. The first-order valence-electron chi connectivity index (χ1n) is 8.49. The normalized spacial score (nSPS) is 19.3. The molecule has 0 aliphatic carbocycles. The number of nitrogens with zero attached hydrogens (tertiary/aromatic N) is 3. The summed E-state index contributed by atoms with van der Waals surface area (Å²) in [4.78, 5) is 8.85. The summed E-state index contributed by atoms with van der Waals surface area (Å²) in [5.41, 5.74) is 14.8. The van der Waals surface area contributed by atoms with Crippen molar-refractivity contribution in [1.29, 1.82) is 0 Å². The highest BCUT2D eigenvalue weighted by atomic mass is 19.3. The van der Waals surface area contributed by atoms with Crippen LogP contribution in [0.1, 0.15) is 11.4 Å². The lowest BCUT2D eigenvalue weighted by Crippen LogP contribution is -2.52. The van der Waals surface area contributed by atoms with E-state index >= 15 is 0 Å². The number of fused-ring (bicyclic) bond motifs is 1. The Morgan fingerprint density at radius 2 is 1.86 bits per heavy atom. The molecule has 9 heteroatoms. The van der Waals surface area contributed by atoms with E-state index in [1.165, 1.54) is 12.1 Å². The molecule has 1 aromatic heterocycles. The van der Waals surface area contributed by atoms with Crippen molar-refractivity contribution < 1.29 is 13.5 Å². The molecule has 144 valence electrons. The van der Waals surface area contributed by atoms with E-state index in [-0.39, 0.29) is 11.6 Å². The third-order valence-electron chi connectivity index (χ3n) is 4.40. The van der Waals surface area contributed by atoms with Gasteiger partial charge in [-0.05, 0) is 43.3 Å². The van der Waals surface area contributed by atoms with Crippen molar-refractivity contribution in [2.75, 3.05) is 0 Å². The fourth-order valence-corrected chi connectivity index (χ4v) is 3.23. The molecule has 1 unspecified atom stereocenters. The molecule has 7 nitrogen and oxygen atoms in total. The Bertz CT molecular complexity index is 1090. The van der Waals surface area contributed by atoms with Gasteiger partial charge in [0.15, 0.2) is 0 Å². The molecule has 0 spiro atoms. The van der Waals surface area contributed by atoms with Crippen LogP contribution in [-0.4, -0.2) is 22.0 Å². The number of ether oxygens (including phenoxy) is 1. The third kappa shape index (κ3) is 3.16. The summed E-state index contributed by atoms with van der Waals surface area (Å²) < 4.78 is 31.0. The molecule has 1 atom stereocenters. The number of halogens is 2. The van der Waals surface area contributed by atoms with Gasteiger partial charge in [-0.15, -0.1) is 0 Å². The van der Waals surface area contributed by atoms with E-state index in [1.807, 2.05) is 35.8 Å². The van der Waals surface area contributed by atoms with Gasteiger partial charge in [-0.3, -0.25) is 10.3 Å². The van der Waals surface area contributed by atoms with Crippen molar-refractivity contribution in [3.63, 3.8) is 0 Å². The van der Waals surface area contributed by atoms with Crippen molar-refractivity contribution in [3.8, 4) is 5.75 Å². The highest BCUT2D eigenvalue weighted by molar-refractivity contribution is 5.98. The molecule has 1 aliphatic rings. The largest absolute Gasteiger partial charge is 0.435 e. The summed E-state index contributed by atoms with van der Waals surface area (Å²) in [6.07, 6.45) is 1.67. The fourth-order valence-electron chi connectivity index (χ4n) is 3.23. The first-order chi connectivity index (χ1) is 13.4. The summed E-state index contributed by atoms with van der Waals surface area (Å²) in [5.74, 6) is 0.227. The number of nitrogens with one attached hydrogen (secondary N) is 1. The lowest BCUT2D eigenvalue weighted by Gasteiger charge is -2.33. The van der Waals surface area contributed by atoms with Gasteiger partial charge in [0.05, 0.1) is 11.0 Å². The Morgan fingerprint density at radius 3 is 2.57 bits per heavy atom. The van der Waals surface area contributed by atoms with Crippen LogP contribution in [0.5, 0.6) is 5.75 Å². The summed E-state index contributed by atoms with van der Waals surface area (Å²) in [6.45, 7) is -1.02. The van der Waals surface area contributed by atoms with Crippen LogP contribution in [0, 0.1) is 6.92 Å². The molecule has 0 saturated carbocycles. The highest BCUT2D eigenvalue weighted by Gasteiger charge is 2.32. The molecule has 5 N–H and O–H groups in total. The van der Waals surface area contributed by atoms with Crippen molar-refractivity contribution in [1.82, 2.24) is 14.9 Å². The van der Waals surface area contributed by atoms with Crippen LogP contribution in [0.4, 0.5) is 8.78 Å². The van der Waals surface area contributed by atoms with Gasteiger partial charge in [0, 0.05) is 11.6 Å². The van der Waals surface area contributed by atoms with Crippen LogP contribution in [0.15, 0.2) is 59.6 Å². The molecule has 28 heavy (non-hydrogen) atoms. The number of nitrogens with two attached hydrogens (primary N) is 2. The number of amidine groups is 1. The second kappa shape index (κ2) is 6.61. The van der Waals surface area contributed by atoms with E-state index in [4.69, 9.17) is 11.5 Å². The highest BCUT2D eigenvalue weighted by Crippen LogP contribution is 2.28. The number of aromatic nitrogens is 2. The predicted molar refractivity (Wildman–Crippen MR) is 102 cm³/mol. The molecule has 0 amide bonds. The molecule has 2 heterocycles. The number of rotatable bonds is 4. The number of hydrogen-bond donors (Lipinski definition) is 3. The smallest absolute Gasteiger partial charge is 0.387 e. The molecular weight excluding hydrogens is 366 g/mol. The molecule has 0 radical (unpaired) electrons. The van der Waals surface area contributed by atoms with Gasteiger partial charge in [0.1, 0.15) is 23.2 Å². The second-order valence-corrected chi connectivity index (χ2v) is 6.34. The molecule has 4 rings (SSSR count). The van der Waals surface area contributed by atoms with E-state index in [1.54, 1.807) is 18.2 Å². The first-order valence-corrected chi connectivity index (χ1v) is 8.49. The van der Waals surface area contributed by atoms with Crippen LogP contribution in [0.3, 0.4) is 0 Å². The quantitative estimate of drug-likeness (QED) is 0.641. The molecule has 3 aromatic rings. The summed E-state index contributed by atoms with van der Waals surface area (Å²) in [5, 5.41) is 3.18. The number of hydrogen-bond acceptors (Lipinski definition) is 6. The van der Waals surface area contributed by atoms with E-state index in [9.17, 15) is 8.78 Å². The standard InChI is InChI=1S/C19H18F2N6O/c1-11-24-14-4-2-3-5-15(14)27(11)17-10-16(22)25-19(23,26-17)12-6-8-13(9-7-12)28-18(20)21/h2-10,18,26H,23H2,1H3,(H2,22,25). The zero-order valence-electron chi connectivity index (χ0n) is 14.9. The van der Waals surface area contributed by atoms with Crippen molar-refractivity contribution in [3.05, 3.63) is 66.0 Å². The Labute approximate surface area is 159 Å². The maximum atomic E-state index is 12.4. The second-order valence-electron chi connectivity index (χ2n) is 6.34. The first kappa shape index (κ1) is 17.9. The topological polar surface area (TPSA) is 103 Å². The van der Waals surface area contributed by atoms with E-state index in [2.05, 4.69) is 20.0 Å². The van der Waals surface area contributed by atoms with Gasteiger partial charge >= 0.3 is 6.61 Å². The number of imidazole rings is 1. The minimum absolute atomic E-state index is 0.0299. The number of alkyl halides is 2. The van der Waals surface area contributed by atoms with Crippen molar-refractivity contribution in [2.45, 2.75) is 19.3 Å². The molecule has 2 aromatic carbocycles. The van der Waals surface area contributed by atoms with Crippen molar-refractivity contribution in [2.24, 2.45) is 16.5 Å². The fraction of sp³-hybridized carbons (Fsp3) is 0.158. The zero-order valence-corrected chi connectivity index (χ0v) is 14.9. The molecule has 1 aliphatic heterocycles. The van der Waals surface area contributed by atoms with Gasteiger partial charge in [-0.2, -0.15) is 8.78 Å². The zero-order chi connectivity index (χ0) is 19.9. The van der Waals surface area contributed by atoms with Gasteiger partial charge < -0.3 is 15.8 Å². The molecule has 0 saturated heterocycles. The Hall–Kier alpha value is -3.46. The maximum Gasteiger partial charge on any atom is 0.387 e. The summed E-state index contributed by atoms with van der Waals surface area (Å²) in [7, 11) is 0. The Balaban J connectivity index is 1.72. The maximum absolute atomic E-state index is 12.4. The van der Waals surface area contributed by atoms with Gasteiger partial charge in [-0.1, -0.05) is 12.1 Å². The number of aliphatic imine (C=N–C) groups is 1. The van der Waals surface area contributed by atoms with Gasteiger partial charge in [-0.25, -0.2) is 9.98 Å². The third-order valence-corrected chi connectivity index (χ3v) is 4.40. The van der Waals surface area contributed by atoms with E-state index in [0.717, 1.165) is 16.9 Å². The minimum Gasteiger partial charge on any atom is -0.435 e. The molecular formula is C19H18F2N6O. The van der Waals surface area contributed by atoms with Crippen LogP contribution in [-0.2, 0) is 5.79 Å². The summed E-state index contributed by atoms with van der Waals surface area (Å²) in [6, 6.07) is 13.6. The minimum atomic E-state index is -2.90. The SMILES string of the molecule is Cc1nc2ccccc2n1C1=CC(N)=NC(N)(c2ccc(OC(F)F)cc2)N1. The summed E-state index contributed by atoms with van der Waals surface area (Å²) >= 11 is 0. The van der Waals surface area contributed by atoms with Gasteiger partial charge in [0.25, 0.3) is 0 Å². The Morgan fingerprint density at radius 1 is 1.14 bits per heavy atom.